The monoisotopic (exact) mass is 453 g/mol. The molecule has 0 aromatic carbocycles. The van der Waals surface area contributed by atoms with Crippen LogP contribution in [-0.4, -0.2) is 36.7 Å². The number of imidazole rings is 1. The number of hydrogen-bond donors (Lipinski definition) is 3. The zero-order valence-electron chi connectivity index (χ0n) is 19.8. The number of H-pyrrole nitrogens is 2. The predicted octanol–water partition coefficient (Wildman–Crippen LogP) is 5.59. The highest BCUT2D eigenvalue weighted by atomic mass is 15.1. The first kappa shape index (κ1) is 22.2. The van der Waals surface area contributed by atoms with Crippen molar-refractivity contribution in [3.63, 3.8) is 0 Å². The van der Waals surface area contributed by atoms with Crippen molar-refractivity contribution in [3.8, 4) is 22.8 Å². The van der Waals surface area contributed by atoms with E-state index in [0.717, 1.165) is 52.7 Å². The Bertz CT molecular complexity index is 1320. The summed E-state index contributed by atoms with van der Waals surface area (Å²) < 4.78 is 0. The molecule has 1 aliphatic rings. The highest BCUT2D eigenvalue weighted by Crippen LogP contribution is 2.27. The van der Waals surface area contributed by atoms with E-state index in [2.05, 4.69) is 31.5 Å². The SMILES string of the molecule is C/C=C\C=C/c1nc(-c2n[nH]c3ccc(-c4cncc(CNCC5CCCC5)c4)nc23)[nH]c1C. The molecule has 0 saturated heterocycles. The van der Waals surface area contributed by atoms with Gasteiger partial charge in [-0.2, -0.15) is 5.10 Å². The van der Waals surface area contributed by atoms with Crippen LogP contribution in [0.15, 0.2) is 48.8 Å². The zero-order valence-corrected chi connectivity index (χ0v) is 19.8. The summed E-state index contributed by atoms with van der Waals surface area (Å²) in [7, 11) is 0. The fraction of sp³-hybridized carbons (Fsp3) is 0.333. The lowest BCUT2D eigenvalue weighted by Gasteiger charge is -2.11. The average Bonchev–Trinajstić information content (AvgIpc) is 3.59. The van der Waals surface area contributed by atoms with Gasteiger partial charge in [0.2, 0.25) is 0 Å². The maximum atomic E-state index is 4.94. The molecule has 1 saturated carbocycles. The number of rotatable bonds is 8. The minimum Gasteiger partial charge on any atom is -0.340 e. The van der Waals surface area contributed by atoms with Crippen LogP contribution in [-0.2, 0) is 6.54 Å². The van der Waals surface area contributed by atoms with Crippen LogP contribution in [0.25, 0.3) is 39.9 Å². The molecule has 7 nitrogen and oxygen atoms in total. The summed E-state index contributed by atoms with van der Waals surface area (Å²) >= 11 is 0. The molecule has 1 aliphatic carbocycles. The van der Waals surface area contributed by atoms with Gasteiger partial charge in [0.15, 0.2) is 11.5 Å². The highest BCUT2D eigenvalue weighted by Gasteiger charge is 2.16. The summed E-state index contributed by atoms with van der Waals surface area (Å²) in [4.78, 5) is 17.5. The van der Waals surface area contributed by atoms with E-state index in [1.165, 1.54) is 31.2 Å². The molecule has 0 amide bonds. The quantitative estimate of drug-likeness (QED) is 0.302. The van der Waals surface area contributed by atoms with E-state index in [1.54, 1.807) is 0 Å². The first-order valence-electron chi connectivity index (χ1n) is 12.1. The lowest BCUT2D eigenvalue weighted by molar-refractivity contribution is 0.489. The molecule has 4 aromatic heterocycles. The summed E-state index contributed by atoms with van der Waals surface area (Å²) in [6.07, 6.45) is 17.2. The van der Waals surface area contributed by atoms with Gasteiger partial charge in [0.1, 0.15) is 5.52 Å². The Labute approximate surface area is 199 Å². The molecule has 0 atom stereocenters. The molecule has 0 aliphatic heterocycles. The standard InChI is InChI=1S/C27H31N7/c1-3-4-5-10-22-18(2)30-27(32-22)26-25-24(33-34-26)12-11-23(31-25)21-13-20(16-29-17-21)15-28-14-19-8-6-7-9-19/h3-5,10-13,16-17,19,28H,6-9,14-15H2,1-2H3,(H,30,32)(H,33,34)/b4-3-,10-5-. The molecule has 1 fully saturated rings. The summed E-state index contributed by atoms with van der Waals surface area (Å²) in [5.74, 6) is 1.53. The maximum absolute atomic E-state index is 4.94. The van der Waals surface area contributed by atoms with Crippen LogP contribution in [0.3, 0.4) is 0 Å². The van der Waals surface area contributed by atoms with E-state index in [0.29, 0.717) is 11.5 Å². The molecular weight excluding hydrogens is 422 g/mol. The molecule has 34 heavy (non-hydrogen) atoms. The van der Waals surface area contributed by atoms with Gasteiger partial charge in [-0.05, 0) is 69.0 Å². The molecule has 174 valence electrons. The second-order valence-electron chi connectivity index (χ2n) is 9.01. The predicted molar refractivity (Wildman–Crippen MR) is 137 cm³/mol. The number of nitrogens with one attached hydrogen (secondary N) is 3. The van der Waals surface area contributed by atoms with Gasteiger partial charge in [-0.15, -0.1) is 0 Å². The Balaban J connectivity index is 1.38. The second-order valence-corrected chi connectivity index (χ2v) is 9.01. The van der Waals surface area contributed by atoms with Crippen LogP contribution in [0.2, 0.25) is 0 Å². The van der Waals surface area contributed by atoms with Gasteiger partial charge < -0.3 is 10.3 Å². The lowest BCUT2D eigenvalue weighted by atomic mass is 10.1. The van der Waals surface area contributed by atoms with Crippen molar-refractivity contribution in [1.29, 1.82) is 0 Å². The molecule has 0 radical (unpaired) electrons. The Hall–Kier alpha value is -3.58. The van der Waals surface area contributed by atoms with Crippen molar-refractivity contribution in [3.05, 3.63) is 65.8 Å². The normalized spacial score (nSPS) is 14.9. The topological polar surface area (TPSA) is 95.2 Å². The number of aromatic nitrogens is 6. The number of allylic oxidation sites excluding steroid dienone is 3. The summed E-state index contributed by atoms with van der Waals surface area (Å²) in [5, 5.41) is 11.2. The summed E-state index contributed by atoms with van der Waals surface area (Å²) in [6.45, 7) is 5.91. The van der Waals surface area contributed by atoms with E-state index in [-0.39, 0.29) is 0 Å². The van der Waals surface area contributed by atoms with Gasteiger partial charge in [0, 0.05) is 30.2 Å². The molecule has 3 N–H and O–H groups in total. The van der Waals surface area contributed by atoms with E-state index in [1.807, 2.05) is 62.7 Å². The van der Waals surface area contributed by atoms with Crippen molar-refractivity contribution in [2.24, 2.45) is 5.92 Å². The molecule has 4 aromatic rings. The van der Waals surface area contributed by atoms with Crippen LogP contribution >= 0.6 is 0 Å². The van der Waals surface area contributed by atoms with E-state index in [9.17, 15) is 0 Å². The third kappa shape index (κ3) is 4.84. The largest absolute Gasteiger partial charge is 0.340 e. The van der Waals surface area contributed by atoms with Crippen LogP contribution in [0, 0.1) is 12.8 Å². The molecule has 0 unspecified atom stereocenters. The summed E-state index contributed by atoms with van der Waals surface area (Å²) in [5.41, 5.74) is 7.31. The first-order chi connectivity index (χ1) is 16.7. The van der Waals surface area contributed by atoms with Gasteiger partial charge in [0.05, 0.1) is 16.9 Å². The van der Waals surface area contributed by atoms with Crippen LogP contribution in [0.5, 0.6) is 0 Å². The average molecular weight is 454 g/mol. The number of hydrogen-bond acceptors (Lipinski definition) is 5. The van der Waals surface area contributed by atoms with Crippen LogP contribution in [0.1, 0.15) is 49.6 Å². The van der Waals surface area contributed by atoms with Gasteiger partial charge in [-0.25, -0.2) is 9.97 Å². The van der Waals surface area contributed by atoms with Crippen molar-refractivity contribution in [2.75, 3.05) is 6.54 Å². The van der Waals surface area contributed by atoms with Gasteiger partial charge >= 0.3 is 0 Å². The van der Waals surface area contributed by atoms with E-state index < -0.39 is 0 Å². The first-order valence-corrected chi connectivity index (χ1v) is 12.1. The van der Waals surface area contributed by atoms with Crippen molar-refractivity contribution in [2.45, 2.75) is 46.1 Å². The number of fused-ring (bicyclic) bond motifs is 1. The number of nitrogens with zero attached hydrogens (tertiary/aromatic N) is 4. The Morgan fingerprint density at radius 3 is 2.85 bits per heavy atom. The summed E-state index contributed by atoms with van der Waals surface area (Å²) in [6, 6.07) is 6.20. The highest BCUT2D eigenvalue weighted by molar-refractivity contribution is 5.89. The lowest BCUT2D eigenvalue weighted by Crippen LogP contribution is -2.20. The number of aryl methyl sites for hydroxylation is 1. The Morgan fingerprint density at radius 2 is 2.00 bits per heavy atom. The Kier molecular flexibility index (Phi) is 6.62. The maximum Gasteiger partial charge on any atom is 0.161 e. The van der Waals surface area contributed by atoms with Crippen molar-refractivity contribution >= 4 is 17.1 Å². The van der Waals surface area contributed by atoms with Crippen molar-refractivity contribution in [1.82, 2.24) is 35.5 Å². The molecule has 4 heterocycles. The third-order valence-electron chi connectivity index (χ3n) is 6.44. The molecule has 5 rings (SSSR count). The Morgan fingerprint density at radius 1 is 1.12 bits per heavy atom. The molecule has 0 bridgehead atoms. The van der Waals surface area contributed by atoms with Gasteiger partial charge in [-0.1, -0.05) is 31.1 Å². The number of pyridine rings is 2. The van der Waals surface area contributed by atoms with Gasteiger partial charge in [0.25, 0.3) is 0 Å². The molecule has 7 heteroatoms. The van der Waals surface area contributed by atoms with Crippen molar-refractivity contribution < 1.29 is 0 Å². The molecular formula is C27H31N7. The number of aromatic amines is 2. The van der Waals surface area contributed by atoms with Gasteiger partial charge in [-0.3, -0.25) is 10.1 Å². The molecule has 0 spiro atoms. The zero-order chi connectivity index (χ0) is 23.3. The minimum atomic E-state index is 0.705. The fourth-order valence-corrected chi connectivity index (χ4v) is 4.59. The van der Waals surface area contributed by atoms with Crippen LogP contribution < -0.4 is 5.32 Å². The minimum absolute atomic E-state index is 0.705. The smallest absolute Gasteiger partial charge is 0.161 e. The third-order valence-corrected chi connectivity index (χ3v) is 6.44. The van der Waals surface area contributed by atoms with Crippen LogP contribution in [0.4, 0.5) is 0 Å². The van der Waals surface area contributed by atoms with E-state index in [4.69, 9.17) is 9.97 Å². The van der Waals surface area contributed by atoms with E-state index >= 15 is 0 Å². The second kappa shape index (κ2) is 10.1. The fourth-order valence-electron chi connectivity index (χ4n) is 4.59.